The van der Waals surface area contributed by atoms with Gasteiger partial charge in [-0.2, -0.15) is 5.26 Å². The number of nitrogens with one attached hydrogen (secondary N) is 1. The van der Waals surface area contributed by atoms with Crippen LogP contribution in [0, 0.1) is 18.3 Å². The minimum Gasteiger partial charge on any atom is -0.358 e. The fraction of sp³-hybridized carbons (Fsp3) is 0.211. The molecule has 1 aliphatic carbocycles. The molecule has 2 aromatic heterocycles. The van der Waals surface area contributed by atoms with Crippen LogP contribution in [0.1, 0.15) is 35.4 Å². The first kappa shape index (κ1) is 14.5. The van der Waals surface area contributed by atoms with Crippen LogP contribution in [-0.2, 0) is 6.42 Å². The van der Waals surface area contributed by atoms with E-state index in [1.54, 1.807) is 12.1 Å². The summed E-state index contributed by atoms with van der Waals surface area (Å²) in [6, 6.07) is 13.8. The van der Waals surface area contributed by atoms with E-state index in [9.17, 15) is 5.26 Å². The molecule has 0 saturated carbocycles. The van der Waals surface area contributed by atoms with Crippen LogP contribution in [0.15, 0.2) is 41.6 Å². The van der Waals surface area contributed by atoms with Gasteiger partial charge in [0.25, 0.3) is 5.88 Å². The maximum Gasteiger partial charge on any atom is 0.266 e. The Balaban J connectivity index is 1.76. The van der Waals surface area contributed by atoms with Crippen LogP contribution in [0.3, 0.4) is 0 Å². The van der Waals surface area contributed by atoms with Gasteiger partial charge >= 0.3 is 0 Å². The molecule has 0 spiro atoms. The quantitative estimate of drug-likeness (QED) is 0.729. The van der Waals surface area contributed by atoms with Crippen LogP contribution >= 0.6 is 0 Å². The van der Waals surface area contributed by atoms with Crippen LogP contribution in [-0.4, -0.2) is 15.7 Å². The molecular formula is C19H16N4O. The first-order chi connectivity index (χ1) is 11.8. The van der Waals surface area contributed by atoms with Crippen LogP contribution in [0.2, 0.25) is 0 Å². The lowest BCUT2D eigenvalue weighted by Gasteiger charge is -2.14. The van der Waals surface area contributed by atoms with Gasteiger partial charge < -0.3 is 9.82 Å². The number of aromatic nitrogens is 2. The van der Waals surface area contributed by atoms with Crippen molar-refractivity contribution in [2.75, 3.05) is 0 Å². The van der Waals surface area contributed by atoms with Gasteiger partial charge in [0.05, 0.1) is 5.71 Å². The Morgan fingerprint density at radius 1 is 1.21 bits per heavy atom. The lowest BCUT2D eigenvalue weighted by Crippen LogP contribution is -2.12. The molecule has 4 rings (SSSR count). The number of fused-ring (bicyclic) bond motifs is 3. The molecule has 24 heavy (non-hydrogen) atoms. The van der Waals surface area contributed by atoms with E-state index in [1.807, 2.05) is 19.1 Å². The van der Waals surface area contributed by atoms with E-state index >= 15 is 0 Å². The number of H-pyrrole nitrogens is 1. The van der Waals surface area contributed by atoms with Crippen molar-refractivity contribution in [3.05, 3.63) is 58.9 Å². The fourth-order valence-corrected chi connectivity index (χ4v) is 3.15. The van der Waals surface area contributed by atoms with Crippen molar-refractivity contribution in [2.45, 2.75) is 26.2 Å². The van der Waals surface area contributed by atoms with E-state index < -0.39 is 0 Å². The number of rotatable bonds is 2. The lowest BCUT2D eigenvalue weighted by molar-refractivity contribution is 0.324. The zero-order valence-corrected chi connectivity index (χ0v) is 13.3. The highest BCUT2D eigenvalue weighted by atomic mass is 16.6. The van der Waals surface area contributed by atoms with E-state index in [2.05, 4.69) is 33.3 Å². The van der Waals surface area contributed by atoms with Crippen LogP contribution in [0.4, 0.5) is 0 Å². The van der Waals surface area contributed by atoms with Crippen molar-refractivity contribution in [1.29, 1.82) is 5.26 Å². The standard InChI is InChI=1S/C19H16N4O/c1-12-9-10-13(11-20)19(21-12)24-23-17-8-4-7-16-18(17)14-5-2-3-6-15(14)22-16/h2-3,5-6,9-10,22H,4,7-8H2,1H3. The van der Waals surface area contributed by atoms with Gasteiger partial charge in [-0.1, -0.05) is 23.4 Å². The fourth-order valence-electron chi connectivity index (χ4n) is 3.15. The van der Waals surface area contributed by atoms with Crippen molar-refractivity contribution in [1.82, 2.24) is 9.97 Å². The maximum atomic E-state index is 9.19. The predicted octanol–water partition coefficient (Wildman–Crippen LogP) is 3.86. The summed E-state index contributed by atoms with van der Waals surface area (Å²) >= 11 is 0. The number of para-hydroxylation sites is 1. The number of aromatic amines is 1. The number of oxime groups is 1. The van der Waals surface area contributed by atoms with E-state index in [-0.39, 0.29) is 5.88 Å². The number of hydrogen-bond donors (Lipinski definition) is 1. The van der Waals surface area contributed by atoms with Crippen molar-refractivity contribution >= 4 is 16.6 Å². The summed E-state index contributed by atoms with van der Waals surface area (Å²) in [4.78, 5) is 13.3. The molecule has 5 nitrogen and oxygen atoms in total. The van der Waals surface area contributed by atoms with Gasteiger partial charge in [-0.15, -0.1) is 0 Å². The lowest BCUT2D eigenvalue weighted by atomic mass is 9.94. The highest BCUT2D eigenvalue weighted by molar-refractivity contribution is 6.12. The molecule has 1 N–H and O–H groups in total. The molecule has 0 fully saturated rings. The molecule has 0 atom stereocenters. The first-order valence-electron chi connectivity index (χ1n) is 7.98. The molecule has 5 heteroatoms. The normalized spacial score (nSPS) is 15.2. The van der Waals surface area contributed by atoms with E-state index in [4.69, 9.17) is 4.84 Å². The van der Waals surface area contributed by atoms with Crippen molar-refractivity contribution < 1.29 is 4.84 Å². The average Bonchev–Trinajstić information content (AvgIpc) is 2.99. The van der Waals surface area contributed by atoms with E-state index in [1.165, 1.54) is 5.69 Å². The molecule has 0 aliphatic heterocycles. The minimum absolute atomic E-state index is 0.261. The Bertz CT molecular complexity index is 994. The van der Waals surface area contributed by atoms with Gasteiger partial charge in [0.2, 0.25) is 0 Å². The van der Waals surface area contributed by atoms with Crippen LogP contribution < -0.4 is 4.84 Å². The summed E-state index contributed by atoms with van der Waals surface area (Å²) in [5, 5.41) is 14.7. The predicted molar refractivity (Wildman–Crippen MR) is 92.1 cm³/mol. The van der Waals surface area contributed by atoms with Gasteiger partial charge in [-0.25, -0.2) is 4.98 Å². The maximum absolute atomic E-state index is 9.19. The third-order valence-corrected chi connectivity index (χ3v) is 4.27. The highest BCUT2D eigenvalue weighted by Crippen LogP contribution is 2.29. The van der Waals surface area contributed by atoms with Crippen molar-refractivity contribution in [3.8, 4) is 11.9 Å². The molecule has 1 aromatic carbocycles. The third kappa shape index (κ3) is 2.42. The Labute approximate surface area is 139 Å². The number of aryl methyl sites for hydroxylation is 2. The van der Waals surface area contributed by atoms with Crippen molar-refractivity contribution in [2.24, 2.45) is 5.16 Å². The van der Waals surface area contributed by atoms with E-state index in [0.717, 1.165) is 47.1 Å². The SMILES string of the molecule is Cc1ccc(C#N)c(ON=C2CCCc3[nH]c4ccccc4c32)n1. The summed E-state index contributed by atoms with van der Waals surface area (Å²) in [6.45, 7) is 1.86. The van der Waals surface area contributed by atoms with Gasteiger partial charge in [0.15, 0.2) is 0 Å². The molecule has 0 bridgehead atoms. The van der Waals surface area contributed by atoms with Gasteiger partial charge in [-0.3, -0.25) is 0 Å². The van der Waals surface area contributed by atoms with Gasteiger partial charge in [0, 0.05) is 27.9 Å². The molecule has 0 unspecified atom stereocenters. The number of nitriles is 1. The zero-order chi connectivity index (χ0) is 16.5. The van der Waals surface area contributed by atoms with Gasteiger partial charge in [-0.05, 0) is 44.4 Å². The number of nitrogens with zero attached hydrogens (tertiary/aromatic N) is 3. The average molecular weight is 316 g/mol. The summed E-state index contributed by atoms with van der Waals surface area (Å²) in [6.07, 6.45) is 2.88. The second-order valence-corrected chi connectivity index (χ2v) is 5.92. The Morgan fingerprint density at radius 3 is 2.96 bits per heavy atom. The first-order valence-corrected chi connectivity index (χ1v) is 7.98. The summed E-state index contributed by atoms with van der Waals surface area (Å²) in [5.74, 6) is 0.261. The molecule has 0 radical (unpaired) electrons. The molecule has 3 aromatic rings. The Morgan fingerprint density at radius 2 is 2.08 bits per heavy atom. The molecule has 118 valence electrons. The largest absolute Gasteiger partial charge is 0.358 e. The molecular weight excluding hydrogens is 300 g/mol. The Hall–Kier alpha value is -3.13. The minimum atomic E-state index is 0.261. The van der Waals surface area contributed by atoms with Gasteiger partial charge in [0.1, 0.15) is 11.6 Å². The number of benzene rings is 1. The smallest absolute Gasteiger partial charge is 0.266 e. The highest BCUT2D eigenvalue weighted by Gasteiger charge is 2.21. The van der Waals surface area contributed by atoms with Crippen LogP contribution in [0.25, 0.3) is 10.9 Å². The molecule has 0 amide bonds. The molecule has 0 saturated heterocycles. The summed E-state index contributed by atoms with van der Waals surface area (Å²) < 4.78 is 0. The topological polar surface area (TPSA) is 74.1 Å². The number of pyridine rings is 1. The second kappa shape index (κ2) is 5.82. The number of hydrogen-bond acceptors (Lipinski definition) is 4. The third-order valence-electron chi connectivity index (χ3n) is 4.27. The zero-order valence-electron chi connectivity index (χ0n) is 13.3. The Kier molecular flexibility index (Phi) is 3.51. The second-order valence-electron chi connectivity index (χ2n) is 5.92. The monoisotopic (exact) mass is 316 g/mol. The molecule has 2 heterocycles. The summed E-state index contributed by atoms with van der Waals surface area (Å²) in [7, 11) is 0. The van der Waals surface area contributed by atoms with Crippen molar-refractivity contribution in [3.63, 3.8) is 0 Å². The molecule has 1 aliphatic rings. The van der Waals surface area contributed by atoms with E-state index in [0.29, 0.717) is 5.56 Å². The summed E-state index contributed by atoms with van der Waals surface area (Å²) in [5.41, 5.74) is 5.52. The van der Waals surface area contributed by atoms with Crippen LogP contribution in [0.5, 0.6) is 5.88 Å².